The van der Waals surface area contributed by atoms with E-state index >= 15 is 0 Å². The maximum atomic E-state index is 12.1. The Labute approximate surface area is 161 Å². The van der Waals surface area contributed by atoms with Gasteiger partial charge in [0, 0.05) is 18.7 Å². The Hall–Kier alpha value is -2.85. The molecule has 0 saturated heterocycles. The van der Waals surface area contributed by atoms with Crippen molar-refractivity contribution >= 4 is 44.9 Å². The monoisotopic (exact) mass is 403 g/mol. The van der Waals surface area contributed by atoms with Gasteiger partial charge in [-0.05, 0) is 23.8 Å². The highest BCUT2D eigenvalue weighted by molar-refractivity contribution is 8.01. The van der Waals surface area contributed by atoms with Crippen molar-refractivity contribution in [1.29, 1.82) is 0 Å². The molecule has 0 atom stereocenters. The van der Waals surface area contributed by atoms with Gasteiger partial charge in [0.25, 0.3) is 5.69 Å². The number of nitro benzene ring substituents is 1. The number of non-ortho nitro benzene ring substituents is 1. The Morgan fingerprint density at radius 3 is 2.96 bits per heavy atom. The number of thioether (sulfide) groups is 1. The first-order valence-electron chi connectivity index (χ1n) is 7.91. The molecule has 0 saturated carbocycles. The first kappa shape index (κ1) is 17.6. The van der Waals surface area contributed by atoms with Crippen LogP contribution in [0.3, 0.4) is 0 Å². The van der Waals surface area contributed by atoms with Crippen LogP contribution in [0, 0.1) is 10.1 Å². The number of nitrogens with one attached hydrogen (secondary N) is 1. The van der Waals surface area contributed by atoms with Crippen molar-refractivity contribution in [2.45, 2.75) is 10.9 Å². The number of thiazole rings is 1. The zero-order valence-corrected chi connectivity index (χ0v) is 15.5. The number of ether oxygens (including phenoxy) is 2. The fraction of sp³-hybridized carbons (Fsp3) is 0.176. The van der Waals surface area contributed by atoms with Gasteiger partial charge in [-0.15, -0.1) is 11.3 Å². The maximum Gasteiger partial charge on any atom is 0.270 e. The third-order valence-corrected chi connectivity index (χ3v) is 5.98. The van der Waals surface area contributed by atoms with Gasteiger partial charge in [0.2, 0.25) is 12.7 Å². The molecule has 4 rings (SSSR count). The lowest BCUT2D eigenvalue weighted by Gasteiger charge is -2.05. The molecule has 1 aliphatic heterocycles. The molecule has 0 aliphatic carbocycles. The minimum atomic E-state index is -0.435. The summed E-state index contributed by atoms with van der Waals surface area (Å²) in [6.45, 7) is 0.606. The van der Waals surface area contributed by atoms with E-state index in [4.69, 9.17) is 9.47 Å². The van der Waals surface area contributed by atoms with Crippen LogP contribution in [0.1, 0.15) is 5.56 Å². The van der Waals surface area contributed by atoms with Crippen molar-refractivity contribution in [3.8, 4) is 11.5 Å². The van der Waals surface area contributed by atoms with Crippen molar-refractivity contribution in [2.24, 2.45) is 0 Å². The first-order chi connectivity index (χ1) is 13.1. The normalized spacial score (nSPS) is 12.3. The lowest BCUT2D eigenvalue weighted by Crippen LogP contribution is -2.24. The number of aromatic nitrogens is 1. The molecular weight excluding hydrogens is 390 g/mol. The Morgan fingerprint density at radius 1 is 1.26 bits per heavy atom. The second kappa shape index (κ2) is 7.41. The number of rotatable bonds is 6. The SMILES string of the molecule is O=C(CSc1nc2ccc([N+](=O)[O-])cc2s1)NCc1ccc2c(c1)OCO2. The van der Waals surface area contributed by atoms with Gasteiger partial charge in [0.05, 0.1) is 20.9 Å². The molecular formula is C17H13N3O5S2. The summed E-state index contributed by atoms with van der Waals surface area (Å²) in [6.07, 6.45) is 0. The zero-order valence-electron chi connectivity index (χ0n) is 13.8. The van der Waals surface area contributed by atoms with E-state index in [2.05, 4.69) is 10.3 Å². The summed E-state index contributed by atoms with van der Waals surface area (Å²) in [5.41, 5.74) is 1.64. The van der Waals surface area contributed by atoms with Crippen molar-refractivity contribution in [2.75, 3.05) is 12.5 Å². The second-order valence-electron chi connectivity index (χ2n) is 5.64. The van der Waals surface area contributed by atoms with Crippen LogP contribution in [0.5, 0.6) is 11.5 Å². The second-order valence-corrected chi connectivity index (χ2v) is 7.90. The first-order valence-corrected chi connectivity index (χ1v) is 9.72. The highest BCUT2D eigenvalue weighted by Gasteiger charge is 2.14. The summed E-state index contributed by atoms with van der Waals surface area (Å²) < 4.78 is 12.0. The Kier molecular flexibility index (Phi) is 4.82. The highest BCUT2D eigenvalue weighted by atomic mass is 32.2. The number of carbonyl (C=O) groups excluding carboxylic acids is 1. The van der Waals surface area contributed by atoms with Crippen LogP contribution in [0.4, 0.5) is 5.69 Å². The fourth-order valence-electron chi connectivity index (χ4n) is 2.50. The summed E-state index contributed by atoms with van der Waals surface area (Å²) >= 11 is 2.64. The number of nitrogens with zero attached hydrogens (tertiary/aromatic N) is 2. The average molecular weight is 403 g/mol. The van der Waals surface area contributed by atoms with Gasteiger partial charge in [-0.2, -0.15) is 0 Å². The van der Waals surface area contributed by atoms with Gasteiger partial charge in [-0.1, -0.05) is 17.8 Å². The molecule has 1 aliphatic rings. The molecule has 0 radical (unpaired) electrons. The third kappa shape index (κ3) is 3.96. The van der Waals surface area contributed by atoms with E-state index in [0.29, 0.717) is 27.9 Å². The number of benzene rings is 2. The highest BCUT2D eigenvalue weighted by Crippen LogP contribution is 2.33. The minimum Gasteiger partial charge on any atom is -0.454 e. The van der Waals surface area contributed by atoms with E-state index in [9.17, 15) is 14.9 Å². The molecule has 0 fully saturated rings. The van der Waals surface area contributed by atoms with Crippen molar-refractivity contribution in [3.05, 3.63) is 52.1 Å². The summed E-state index contributed by atoms with van der Waals surface area (Å²) in [6, 6.07) is 10.1. The predicted octanol–water partition coefficient (Wildman–Crippen LogP) is 3.34. The predicted molar refractivity (Wildman–Crippen MR) is 101 cm³/mol. The van der Waals surface area contributed by atoms with Gasteiger partial charge >= 0.3 is 0 Å². The standard InChI is InChI=1S/C17H13N3O5S2/c21-16(18-7-10-1-4-13-14(5-10)25-9-24-13)8-26-17-19-12-3-2-11(20(22)23)6-15(12)27-17/h1-6H,7-9H2,(H,18,21). The Morgan fingerprint density at radius 2 is 2.11 bits per heavy atom. The molecule has 0 bridgehead atoms. The van der Waals surface area contributed by atoms with Crippen LogP contribution in [0.15, 0.2) is 40.7 Å². The molecule has 8 nitrogen and oxygen atoms in total. The summed E-state index contributed by atoms with van der Waals surface area (Å²) in [7, 11) is 0. The van der Waals surface area contributed by atoms with E-state index in [1.54, 1.807) is 6.07 Å². The lowest BCUT2D eigenvalue weighted by atomic mass is 10.2. The van der Waals surface area contributed by atoms with Crippen LogP contribution < -0.4 is 14.8 Å². The average Bonchev–Trinajstić information content (AvgIpc) is 3.29. The number of hydrogen-bond donors (Lipinski definition) is 1. The van der Waals surface area contributed by atoms with Gasteiger partial charge in [-0.25, -0.2) is 4.98 Å². The van der Waals surface area contributed by atoms with E-state index in [-0.39, 0.29) is 24.1 Å². The summed E-state index contributed by atoms with van der Waals surface area (Å²) in [5.74, 6) is 1.48. The van der Waals surface area contributed by atoms with Crippen LogP contribution in [-0.2, 0) is 11.3 Å². The van der Waals surface area contributed by atoms with Crippen LogP contribution in [0.2, 0.25) is 0 Å². The molecule has 0 unspecified atom stereocenters. The van der Waals surface area contributed by atoms with E-state index in [1.165, 1.54) is 35.2 Å². The molecule has 2 heterocycles. The van der Waals surface area contributed by atoms with Crippen molar-refractivity contribution < 1.29 is 19.2 Å². The Bertz CT molecular complexity index is 1040. The number of fused-ring (bicyclic) bond motifs is 2. The zero-order chi connectivity index (χ0) is 18.8. The molecule has 1 N–H and O–H groups in total. The van der Waals surface area contributed by atoms with Crippen LogP contribution in [-0.4, -0.2) is 28.4 Å². The summed E-state index contributed by atoms with van der Waals surface area (Å²) in [5, 5.41) is 13.7. The molecule has 0 spiro atoms. The number of amides is 1. The molecule has 1 aromatic heterocycles. The minimum absolute atomic E-state index is 0.0316. The number of nitro groups is 1. The van der Waals surface area contributed by atoms with Gasteiger partial charge < -0.3 is 14.8 Å². The molecule has 138 valence electrons. The molecule has 1 amide bonds. The van der Waals surface area contributed by atoms with Crippen LogP contribution >= 0.6 is 23.1 Å². The largest absolute Gasteiger partial charge is 0.454 e. The third-order valence-electron chi connectivity index (χ3n) is 3.82. The molecule has 3 aromatic rings. The van der Waals surface area contributed by atoms with Gasteiger partial charge in [0.15, 0.2) is 15.8 Å². The molecule has 2 aromatic carbocycles. The van der Waals surface area contributed by atoms with E-state index < -0.39 is 4.92 Å². The molecule has 10 heteroatoms. The van der Waals surface area contributed by atoms with Crippen molar-refractivity contribution in [1.82, 2.24) is 10.3 Å². The topological polar surface area (TPSA) is 104 Å². The molecule has 27 heavy (non-hydrogen) atoms. The fourth-order valence-corrected chi connectivity index (χ4v) is 4.43. The smallest absolute Gasteiger partial charge is 0.270 e. The summed E-state index contributed by atoms with van der Waals surface area (Å²) in [4.78, 5) is 26.9. The number of hydrogen-bond acceptors (Lipinski definition) is 8. The van der Waals surface area contributed by atoms with Gasteiger partial charge in [0.1, 0.15) is 0 Å². The maximum absolute atomic E-state index is 12.1. The lowest BCUT2D eigenvalue weighted by molar-refractivity contribution is -0.384. The van der Waals surface area contributed by atoms with E-state index in [1.807, 2.05) is 18.2 Å². The number of carbonyl (C=O) groups is 1. The van der Waals surface area contributed by atoms with Crippen molar-refractivity contribution in [3.63, 3.8) is 0 Å². The van der Waals surface area contributed by atoms with Crippen LogP contribution in [0.25, 0.3) is 10.2 Å². The van der Waals surface area contributed by atoms with E-state index in [0.717, 1.165) is 10.3 Å². The Balaban J connectivity index is 1.32. The van der Waals surface area contributed by atoms with Gasteiger partial charge in [-0.3, -0.25) is 14.9 Å². The quantitative estimate of drug-likeness (QED) is 0.382.